The molecule has 1 fully saturated rings. The summed E-state index contributed by atoms with van der Waals surface area (Å²) in [6, 6.07) is 9.18. The van der Waals surface area contributed by atoms with Crippen molar-refractivity contribution in [3.8, 4) is 5.69 Å². The van der Waals surface area contributed by atoms with Gasteiger partial charge in [0, 0.05) is 10.8 Å². The number of rotatable bonds is 1. The molecule has 0 amide bonds. The fraction of sp³-hybridized carbons (Fsp3) is 0.455. The van der Waals surface area contributed by atoms with Crippen molar-refractivity contribution in [2.75, 3.05) is 0 Å². The fourth-order valence-electron chi connectivity index (χ4n) is 7.07. The first kappa shape index (κ1) is 15.5. The van der Waals surface area contributed by atoms with Gasteiger partial charge in [0.2, 0.25) is 0 Å². The Morgan fingerprint density at radius 1 is 0.815 bits per heavy atom. The first-order valence-electron chi connectivity index (χ1n) is 9.94. The average Bonchev–Trinajstić information content (AvgIpc) is 2.99. The van der Waals surface area contributed by atoms with Crippen LogP contribution in [0.1, 0.15) is 51.6 Å². The van der Waals surface area contributed by atoms with E-state index in [0.29, 0.717) is 5.69 Å². The Hall–Kier alpha value is -2.56. The van der Waals surface area contributed by atoms with Crippen LogP contribution in [-0.4, -0.2) is 13.9 Å². The molecule has 1 saturated carbocycles. The molecule has 7 rings (SSSR count). The number of hydrogen-bond acceptors (Lipinski definition) is 2. The molecular weight excluding hydrogens is 338 g/mol. The first-order valence-corrected chi connectivity index (χ1v) is 9.94. The molecule has 5 aliphatic rings. The van der Waals surface area contributed by atoms with Crippen molar-refractivity contribution in [2.24, 2.45) is 10.8 Å². The molecular formula is C22H23N3O2. The average molecular weight is 361 g/mol. The zero-order valence-corrected chi connectivity index (χ0v) is 15.7. The summed E-state index contributed by atoms with van der Waals surface area (Å²) in [6.45, 7) is 4.49. The lowest BCUT2D eigenvalue weighted by Crippen LogP contribution is -2.68. The number of benzene rings is 1. The summed E-state index contributed by atoms with van der Waals surface area (Å²) < 4.78 is 4.88. The van der Waals surface area contributed by atoms with E-state index in [-0.39, 0.29) is 34.3 Å². The summed E-state index contributed by atoms with van der Waals surface area (Å²) in [7, 11) is 0. The Morgan fingerprint density at radius 3 is 1.78 bits per heavy atom. The zero-order valence-electron chi connectivity index (χ0n) is 15.7. The largest absolute Gasteiger partial charge is 0.352 e. The van der Waals surface area contributed by atoms with Crippen molar-refractivity contribution < 1.29 is 0 Å². The molecule has 5 heteroatoms. The van der Waals surface area contributed by atoms with Crippen LogP contribution >= 0.6 is 0 Å². The van der Waals surface area contributed by atoms with Crippen LogP contribution in [0.4, 0.5) is 0 Å². The van der Waals surface area contributed by atoms with E-state index in [0.717, 1.165) is 12.8 Å². The highest BCUT2D eigenvalue weighted by atomic mass is 16.2. The predicted octanol–water partition coefficient (Wildman–Crippen LogP) is 3.36. The second-order valence-corrected chi connectivity index (χ2v) is 8.60. The second-order valence-electron chi connectivity index (χ2n) is 8.60. The van der Waals surface area contributed by atoms with E-state index < -0.39 is 0 Å². The minimum Gasteiger partial charge on any atom is -0.245 e. The van der Waals surface area contributed by atoms with Gasteiger partial charge in [-0.25, -0.2) is 23.5 Å². The van der Waals surface area contributed by atoms with Crippen molar-refractivity contribution in [1.29, 1.82) is 0 Å². The van der Waals surface area contributed by atoms with E-state index in [2.05, 4.69) is 26.0 Å². The summed E-state index contributed by atoms with van der Waals surface area (Å²) in [6.07, 6.45) is 9.00. The standard InChI is InChI=1S/C22H23N3O2/c1-14-15(2)22-13-7-6-12-21(14,22)17-10-11-18(22)25-20(27)23(19(26)24(17)25)16-8-4-3-5-9-16/h3-5,8-11,17-18H,6-7,12-13H2,1-2H3. The summed E-state index contributed by atoms with van der Waals surface area (Å²) in [5.41, 5.74) is 3.13. The second kappa shape index (κ2) is 4.64. The van der Waals surface area contributed by atoms with E-state index in [9.17, 15) is 9.59 Å². The van der Waals surface area contributed by atoms with E-state index in [4.69, 9.17) is 0 Å². The van der Waals surface area contributed by atoms with E-state index >= 15 is 0 Å². The number of para-hydroxylation sites is 1. The Morgan fingerprint density at radius 2 is 1.30 bits per heavy atom. The Balaban J connectivity index is 1.69. The monoisotopic (exact) mass is 361 g/mol. The smallest absolute Gasteiger partial charge is 0.245 e. The van der Waals surface area contributed by atoms with Crippen molar-refractivity contribution in [1.82, 2.24) is 13.9 Å². The van der Waals surface area contributed by atoms with Gasteiger partial charge in [-0.2, -0.15) is 0 Å². The molecule has 0 spiro atoms. The molecule has 2 aliphatic heterocycles. The molecule has 5 nitrogen and oxygen atoms in total. The minimum atomic E-state index is -0.212. The summed E-state index contributed by atoms with van der Waals surface area (Å²) in [5.74, 6) is 0. The molecule has 0 saturated heterocycles. The summed E-state index contributed by atoms with van der Waals surface area (Å²) in [5, 5.41) is 0. The predicted molar refractivity (Wildman–Crippen MR) is 103 cm³/mol. The summed E-state index contributed by atoms with van der Waals surface area (Å²) >= 11 is 0. The molecule has 138 valence electrons. The van der Waals surface area contributed by atoms with Gasteiger partial charge < -0.3 is 0 Å². The molecule has 2 aromatic rings. The van der Waals surface area contributed by atoms with E-state index in [1.54, 1.807) is 9.36 Å². The van der Waals surface area contributed by atoms with Gasteiger partial charge in [0.25, 0.3) is 0 Å². The third-order valence-corrected chi connectivity index (χ3v) is 8.12. The van der Waals surface area contributed by atoms with Crippen molar-refractivity contribution in [3.63, 3.8) is 0 Å². The van der Waals surface area contributed by atoms with Gasteiger partial charge in [-0.15, -0.1) is 0 Å². The van der Waals surface area contributed by atoms with Crippen molar-refractivity contribution in [3.05, 3.63) is 74.6 Å². The lowest BCUT2D eigenvalue weighted by atomic mass is 9.35. The molecule has 27 heavy (non-hydrogen) atoms. The number of aromatic nitrogens is 3. The maximum Gasteiger partial charge on any atom is 0.352 e. The summed E-state index contributed by atoms with van der Waals surface area (Å²) in [4.78, 5) is 26.8. The van der Waals surface area contributed by atoms with Crippen LogP contribution in [0.2, 0.25) is 0 Å². The van der Waals surface area contributed by atoms with E-state index in [1.807, 2.05) is 30.3 Å². The molecule has 0 radical (unpaired) electrons. The maximum atomic E-state index is 13.4. The third kappa shape index (κ3) is 1.38. The van der Waals surface area contributed by atoms with Gasteiger partial charge in [0.05, 0.1) is 17.8 Å². The molecule has 2 bridgehead atoms. The molecule has 0 N–H and O–H groups in total. The topological polar surface area (TPSA) is 48.9 Å². The van der Waals surface area contributed by atoms with Crippen LogP contribution in [0.15, 0.2) is 63.2 Å². The van der Waals surface area contributed by atoms with Crippen LogP contribution in [0, 0.1) is 10.8 Å². The quantitative estimate of drug-likeness (QED) is 0.731. The number of allylic oxidation sites excluding steroid dienone is 4. The van der Waals surface area contributed by atoms with Crippen LogP contribution in [-0.2, 0) is 0 Å². The van der Waals surface area contributed by atoms with Gasteiger partial charge >= 0.3 is 11.4 Å². The number of nitrogens with zero attached hydrogens (tertiary/aromatic N) is 3. The van der Waals surface area contributed by atoms with Crippen molar-refractivity contribution >= 4 is 0 Å². The van der Waals surface area contributed by atoms with Crippen LogP contribution < -0.4 is 11.4 Å². The minimum absolute atomic E-state index is 0.00783. The Kier molecular flexibility index (Phi) is 2.66. The number of hydrogen-bond donors (Lipinski definition) is 0. The van der Waals surface area contributed by atoms with Crippen LogP contribution in [0.5, 0.6) is 0 Å². The SMILES string of the molecule is CC1=C(C)C23CCCCC12C1C=CC3n2c(=O)n(-c3ccccc3)c(=O)n21. The Labute approximate surface area is 157 Å². The highest BCUT2D eigenvalue weighted by Crippen LogP contribution is 2.78. The van der Waals surface area contributed by atoms with E-state index in [1.165, 1.54) is 28.6 Å². The normalized spacial score (nSPS) is 35.5. The zero-order chi connectivity index (χ0) is 18.6. The lowest BCUT2D eigenvalue weighted by Gasteiger charge is -2.71. The highest BCUT2D eigenvalue weighted by Gasteiger charge is 2.72. The molecule has 3 heterocycles. The van der Waals surface area contributed by atoms with Crippen LogP contribution in [0.25, 0.3) is 5.69 Å². The van der Waals surface area contributed by atoms with Gasteiger partial charge in [-0.3, -0.25) is 0 Å². The maximum absolute atomic E-state index is 13.4. The van der Waals surface area contributed by atoms with Gasteiger partial charge in [0.1, 0.15) is 0 Å². The molecule has 1 aromatic carbocycles. The van der Waals surface area contributed by atoms with Crippen molar-refractivity contribution in [2.45, 2.75) is 51.6 Å². The Bertz CT molecular complexity index is 1090. The van der Waals surface area contributed by atoms with Crippen LogP contribution in [0.3, 0.4) is 0 Å². The molecule has 1 aromatic heterocycles. The van der Waals surface area contributed by atoms with Gasteiger partial charge in [-0.05, 0) is 38.8 Å². The first-order chi connectivity index (χ1) is 13.1. The van der Waals surface area contributed by atoms with Gasteiger partial charge in [-0.1, -0.05) is 54.3 Å². The third-order valence-electron chi connectivity index (χ3n) is 8.12. The van der Waals surface area contributed by atoms with Gasteiger partial charge in [0.15, 0.2) is 0 Å². The molecule has 3 aliphatic carbocycles. The fourth-order valence-corrected chi connectivity index (χ4v) is 7.07. The highest BCUT2D eigenvalue weighted by molar-refractivity contribution is 5.51. The molecule has 4 unspecified atom stereocenters. The molecule has 4 atom stereocenters. The lowest BCUT2D eigenvalue weighted by molar-refractivity contribution is -0.104.